The van der Waals surface area contributed by atoms with Crippen molar-refractivity contribution in [1.29, 1.82) is 0 Å². The van der Waals surface area contributed by atoms with Gasteiger partial charge in [-0.1, -0.05) is 11.6 Å². The Balaban J connectivity index is 1.97. The summed E-state index contributed by atoms with van der Waals surface area (Å²) < 4.78 is 5.21. The van der Waals surface area contributed by atoms with E-state index in [-0.39, 0.29) is 18.3 Å². The molecule has 0 aliphatic carbocycles. The Morgan fingerprint density at radius 1 is 1.31 bits per heavy atom. The van der Waals surface area contributed by atoms with Crippen molar-refractivity contribution < 1.29 is 19.6 Å². The first kappa shape index (κ1) is 20.7. The number of amidine groups is 1. The van der Waals surface area contributed by atoms with Gasteiger partial charge in [0.2, 0.25) is 0 Å². The molecule has 1 aliphatic heterocycles. The fraction of sp³-hybridized carbons (Fsp3) is 0.158. The standard InChI is InChI=1S/C19H16ClN3O5S/c1-3-28-15-9-11(8-14(17(15)24)23(26)27)10-16-18(25)22(2)19(29-16)21-13-6-4-12(20)5-7-13/h4-10,24H,3H2,1-2H3/p-1/b16-10-,21-19?. The molecule has 1 amide bonds. The summed E-state index contributed by atoms with van der Waals surface area (Å²) in [6, 6.07) is 9.34. The topological polar surface area (TPSA) is 108 Å². The van der Waals surface area contributed by atoms with Crippen molar-refractivity contribution in [1.82, 2.24) is 4.90 Å². The third kappa shape index (κ3) is 4.52. The maximum atomic E-state index is 12.6. The molecule has 150 valence electrons. The minimum absolute atomic E-state index is 0.132. The highest BCUT2D eigenvalue weighted by Gasteiger charge is 2.30. The van der Waals surface area contributed by atoms with Crippen LogP contribution in [0, 0.1) is 10.1 Å². The Morgan fingerprint density at radius 2 is 2.00 bits per heavy atom. The van der Waals surface area contributed by atoms with Crippen molar-refractivity contribution in [2.45, 2.75) is 6.92 Å². The van der Waals surface area contributed by atoms with Crippen LogP contribution in [0.4, 0.5) is 11.4 Å². The lowest BCUT2D eigenvalue weighted by Gasteiger charge is -2.14. The van der Waals surface area contributed by atoms with Gasteiger partial charge < -0.3 is 9.84 Å². The minimum atomic E-state index is -0.800. The van der Waals surface area contributed by atoms with E-state index in [0.29, 0.717) is 26.3 Å². The van der Waals surface area contributed by atoms with Crippen LogP contribution >= 0.6 is 23.4 Å². The lowest BCUT2D eigenvalue weighted by atomic mass is 10.1. The van der Waals surface area contributed by atoms with Gasteiger partial charge in [-0.25, -0.2) is 4.99 Å². The van der Waals surface area contributed by atoms with Gasteiger partial charge in [-0.15, -0.1) is 0 Å². The molecule has 0 radical (unpaired) electrons. The van der Waals surface area contributed by atoms with Crippen molar-refractivity contribution in [3.8, 4) is 11.5 Å². The molecule has 2 aromatic carbocycles. The van der Waals surface area contributed by atoms with E-state index in [1.54, 1.807) is 38.2 Å². The summed E-state index contributed by atoms with van der Waals surface area (Å²) in [5.74, 6) is -1.24. The number of halogens is 1. The van der Waals surface area contributed by atoms with Crippen LogP contribution in [-0.4, -0.2) is 34.6 Å². The fourth-order valence-corrected chi connectivity index (χ4v) is 3.63. The Kier molecular flexibility index (Phi) is 6.09. The molecule has 1 heterocycles. The molecule has 0 spiro atoms. The highest BCUT2D eigenvalue weighted by Crippen LogP contribution is 2.38. The first-order valence-electron chi connectivity index (χ1n) is 8.44. The van der Waals surface area contributed by atoms with E-state index < -0.39 is 16.4 Å². The van der Waals surface area contributed by atoms with E-state index in [9.17, 15) is 20.0 Å². The minimum Gasteiger partial charge on any atom is -0.865 e. The van der Waals surface area contributed by atoms with E-state index in [1.165, 1.54) is 17.0 Å². The van der Waals surface area contributed by atoms with Gasteiger partial charge in [0.05, 0.1) is 22.1 Å². The second-order valence-electron chi connectivity index (χ2n) is 5.90. The summed E-state index contributed by atoms with van der Waals surface area (Å²) in [7, 11) is 1.58. The zero-order valence-corrected chi connectivity index (χ0v) is 17.0. The van der Waals surface area contributed by atoms with Crippen LogP contribution in [0.2, 0.25) is 5.02 Å². The molecule has 1 saturated heterocycles. The Labute approximate surface area is 175 Å². The fourth-order valence-electron chi connectivity index (χ4n) is 2.52. The van der Waals surface area contributed by atoms with E-state index in [2.05, 4.69) is 4.99 Å². The smallest absolute Gasteiger partial charge is 0.266 e. The highest BCUT2D eigenvalue weighted by molar-refractivity contribution is 8.18. The third-order valence-electron chi connectivity index (χ3n) is 3.91. The monoisotopic (exact) mass is 432 g/mol. The summed E-state index contributed by atoms with van der Waals surface area (Å²) in [4.78, 5) is 29.1. The number of nitrogens with zero attached hydrogens (tertiary/aromatic N) is 3. The lowest BCUT2D eigenvalue weighted by molar-refractivity contribution is -0.398. The maximum absolute atomic E-state index is 12.6. The summed E-state index contributed by atoms with van der Waals surface area (Å²) in [6.45, 7) is 1.85. The largest absolute Gasteiger partial charge is 0.865 e. The number of rotatable bonds is 5. The van der Waals surface area contributed by atoms with Crippen molar-refractivity contribution in [3.05, 3.63) is 62.0 Å². The molecule has 2 aromatic rings. The predicted molar refractivity (Wildman–Crippen MR) is 111 cm³/mol. The number of nitro benzene ring substituents is 1. The molecule has 0 aromatic heterocycles. The van der Waals surface area contributed by atoms with Gasteiger partial charge in [-0.3, -0.25) is 19.8 Å². The number of nitro groups is 1. The molecule has 29 heavy (non-hydrogen) atoms. The van der Waals surface area contributed by atoms with Crippen molar-refractivity contribution >= 4 is 51.9 Å². The number of carbonyl (C=O) groups excluding carboxylic acids is 1. The summed E-state index contributed by atoms with van der Waals surface area (Å²) in [5.41, 5.74) is 0.334. The number of ether oxygens (including phenoxy) is 1. The molecule has 8 nitrogen and oxygen atoms in total. The summed E-state index contributed by atoms with van der Waals surface area (Å²) in [6.07, 6.45) is 1.48. The van der Waals surface area contributed by atoms with Crippen LogP contribution < -0.4 is 9.84 Å². The Bertz CT molecular complexity index is 1040. The number of amides is 1. The van der Waals surface area contributed by atoms with E-state index >= 15 is 0 Å². The number of aliphatic imine (C=N–C) groups is 1. The number of likely N-dealkylation sites (N-methyl/N-ethyl adjacent to an activating group) is 1. The van der Waals surface area contributed by atoms with Crippen LogP contribution in [0.5, 0.6) is 11.5 Å². The van der Waals surface area contributed by atoms with Gasteiger partial charge >= 0.3 is 0 Å². The second-order valence-corrected chi connectivity index (χ2v) is 7.35. The van der Waals surface area contributed by atoms with E-state index in [4.69, 9.17) is 16.3 Å². The molecule has 0 saturated carbocycles. The average Bonchev–Trinajstić information content (AvgIpc) is 2.94. The predicted octanol–water partition coefficient (Wildman–Crippen LogP) is 3.95. The van der Waals surface area contributed by atoms with Crippen molar-refractivity contribution in [2.75, 3.05) is 13.7 Å². The highest BCUT2D eigenvalue weighted by atomic mass is 35.5. The third-order valence-corrected chi connectivity index (χ3v) is 5.22. The normalized spacial score (nSPS) is 16.7. The zero-order chi connectivity index (χ0) is 21.1. The molecule has 3 rings (SSSR count). The first-order chi connectivity index (χ1) is 13.8. The van der Waals surface area contributed by atoms with Crippen LogP contribution in [0.1, 0.15) is 12.5 Å². The number of benzene rings is 2. The molecular formula is C19H15ClN3O5S-. The second kappa shape index (κ2) is 8.54. The van der Waals surface area contributed by atoms with E-state index in [1.807, 2.05) is 0 Å². The zero-order valence-electron chi connectivity index (χ0n) is 15.4. The Hall–Kier alpha value is -3.04. The number of thioether (sulfide) groups is 1. The van der Waals surface area contributed by atoms with Crippen LogP contribution in [0.3, 0.4) is 0 Å². The average molecular weight is 433 g/mol. The molecule has 0 unspecified atom stereocenters. The van der Waals surface area contributed by atoms with Gasteiger partial charge in [0.25, 0.3) is 11.6 Å². The number of hydrogen-bond acceptors (Lipinski definition) is 7. The first-order valence-corrected chi connectivity index (χ1v) is 9.63. The van der Waals surface area contributed by atoms with Gasteiger partial charge in [0.15, 0.2) is 5.17 Å². The summed E-state index contributed by atoms with van der Waals surface area (Å²) in [5, 5.41) is 24.3. The van der Waals surface area contributed by atoms with Crippen molar-refractivity contribution in [3.63, 3.8) is 0 Å². The maximum Gasteiger partial charge on any atom is 0.266 e. The Morgan fingerprint density at radius 3 is 2.62 bits per heavy atom. The molecule has 1 fully saturated rings. The molecule has 0 N–H and O–H groups in total. The SMILES string of the molecule is CCOc1cc(/C=C2\SC(=Nc3ccc(Cl)cc3)N(C)C2=O)cc([N+](=O)[O-])c1[O-]. The molecule has 0 bridgehead atoms. The number of hydrogen-bond donors (Lipinski definition) is 0. The summed E-state index contributed by atoms with van der Waals surface area (Å²) >= 11 is 6.99. The quantitative estimate of drug-likeness (QED) is 0.402. The van der Waals surface area contributed by atoms with E-state index in [0.717, 1.165) is 17.8 Å². The molecular weight excluding hydrogens is 418 g/mol. The molecule has 0 atom stereocenters. The van der Waals surface area contributed by atoms with Crippen LogP contribution in [0.15, 0.2) is 46.3 Å². The van der Waals surface area contributed by atoms with Gasteiger partial charge in [0, 0.05) is 23.9 Å². The van der Waals surface area contributed by atoms with Gasteiger partial charge in [0.1, 0.15) is 5.75 Å². The van der Waals surface area contributed by atoms with Crippen molar-refractivity contribution in [2.24, 2.45) is 4.99 Å². The van der Waals surface area contributed by atoms with Crippen LogP contribution in [0.25, 0.3) is 6.08 Å². The van der Waals surface area contributed by atoms with Gasteiger partial charge in [-0.05, 0) is 60.7 Å². The van der Waals surface area contributed by atoms with Crippen LogP contribution in [-0.2, 0) is 4.79 Å². The molecule has 10 heteroatoms. The number of carbonyl (C=O) groups is 1. The molecule has 1 aliphatic rings. The lowest BCUT2D eigenvalue weighted by Crippen LogP contribution is -2.23. The van der Waals surface area contributed by atoms with Gasteiger partial charge in [-0.2, -0.15) is 0 Å².